The van der Waals surface area contributed by atoms with E-state index in [1.807, 2.05) is 29.2 Å². The molecular weight excluding hydrogens is 480 g/mol. The minimum Gasteiger partial charge on any atom is -0.378 e. The van der Waals surface area contributed by atoms with Gasteiger partial charge in [-0.15, -0.1) is 0 Å². The summed E-state index contributed by atoms with van der Waals surface area (Å²) < 4.78 is 6.31. The average Bonchev–Trinajstić information content (AvgIpc) is 2.81. The summed E-state index contributed by atoms with van der Waals surface area (Å²) >= 11 is 3.47. The summed E-state index contributed by atoms with van der Waals surface area (Å²) in [7, 11) is 0. The summed E-state index contributed by atoms with van der Waals surface area (Å²) in [4.78, 5) is 25.9. The molecule has 0 saturated carbocycles. The average molecular weight is 499 g/mol. The smallest absolute Gasteiger partial charge is 0.271 e. The molecule has 0 atom stereocenters. The summed E-state index contributed by atoms with van der Waals surface area (Å²) in [5, 5.41) is 18.3. The highest BCUT2D eigenvalue weighted by Gasteiger charge is 2.17. The van der Waals surface area contributed by atoms with Crippen LogP contribution in [0.5, 0.6) is 0 Å². The van der Waals surface area contributed by atoms with Crippen LogP contribution in [0.4, 0.5) is 29.2 Å². The second-order valence-electron chi connectivity index (χ2n) is 6.71. The topological polar surface area (TPSA) is 131 Å². The predicted octanol–water partition coefficient (Wildman–Crippen LogP) is 3.57. The molecule has 0 aliphatic carbocycles. The molecule has 11 nitrogen and oxygen atoms in total. The first-order valence-corrected chi connectivity index (χ1v) is 10.5. The Labute approximate surface area is 191 Å². The zero-order valence-corrected chi connectivity index (χ0v) is 18.4. The van der Waals surface area contributed by atoms with Crippen molar-refractivity contribution in [1.82, 2.24) is 15.0 Å². The number of hydrogen-bond donors (Lipinski definition) is 2. The second-order valence-corrected chi connectivity index (χ2v) is 7.56. The standard InChI is InChI=1S/C20H19BrN8O3/c21-17-7-2-1-4-14(17)13-22-27-19-24-18(23-15-5-3-6-16(12-15)29(30)31)25-20(26-19)28-8-10-32-11-9-28/h1-7,12-13H,8-11H2,(H2,23,24,25,26,27)/b22-13+. The molecule has 1 aliphatic rings. The van der Waals surface area contributed by atoms with Crippen LogP contribution >= 0.6 is 15.9 Å². The highest BCUT2D eigenvalue weighted by atomic mass is 79.9. The van der Waals surface area contributed by atoms with Crippen LogP contribution in [-0.4, -0.2) is 52.4 Å². The van der Waals surface area contributed by atoms with Crippen LogP contribution in [0, 0.1) is 10.1 Å². The van der Waals surface area contributed by atoms with E-state index in [1.165, 1.54) is 12.1 Å². The molecule has 4 rings (SSSR count). The predicted molar refractivity (Wildman–Crippen MR) is 125 cm³/mol. The third-order valence-corrected chi connectivity index (χ3v) is 5.23. The molecule has 2 aromatic carbocycles. The Hall–Kier alpha value is -3.64. The molecule has 164 valence electrons. The van der Waals surface area contributed by atoms with E-state index in [0.717, 1.165) is 10.0 Å². The van der Waals surface area contributed by atoms with Crippen LogP contribution in [0.15, 0.2) is 58.1 Å². The monoisotopic (exact) mass is 498 g/mol. The van der Waals surface area contributed by atoms with E-state index in [9.17, 15) is 10.1 Å². The number of ether oxygens (including phenoxy) is 1. The quantitative estimate of drug-likeness (QED) is 0.285. The first-order valence-electron chi connectivity index (χ1n) is 9.72. The van der Waals surface area contributed by atoms with Gasteiger partial charge in [0.15, 0.2) is 0 Å². The number of non-ortho nitro benzene ring substituents is 1. The normalized spacial score (nSPS) is 13.8. The number of aromatic nitrogens is 3. The fraction of sp³-hybridized carbons (Fsp3) is 0.200. The number of nitro benzene ring substituents is 1. The molecule has 0 radical (unpaired) electrons. The van der Waals surface area contributed by atoms with Crippen LogP contribution in [0.2, 0.25) is 0 Å². The summed E-state index contributed by atoms with van der Waals surface area (Å²) in [6, 6.07) is 13.8. The number of rotatable bonds is 7. The molecule has 0 spiro atoms. The van der Waals surface area contributed by atoms with Crippen molar-refractivity contribution in [2.24, 2.45) is 5.10 Å². The van der Waals surface area contributed by atoms with Crippen molar-refractivity contribution >= 4 is 51.4 Å². The molecule has 0 amide bonds. The van der Waals surface area contributed by atoms with Crippen molar-refractivity contribution in [2.45, 2.75) is 0 Å². The molecular formula is C20H19BrN8O3. The molecule has 12 heteroatoms. The molecule has 3 aromatic rings. The second kappa shape index (κ2) is 10.1. The van der Waals surface area contributed by atoms with Crippen molar-refractivity contribution in [3.63, 3.8) is 0 Å². The Morgan fingerprint density at radius 2 is 1.88 bits per heavy atom. The molecule has 2 N–H and O–H groups in total. The van der Waals surface area contributed by atoms with Gasteiger partial charge in [-0.25, -0.2) is 5.43 Å². The number of anilines is 4. The van der Waals surface area contributed by atoms with E-state index in [2.05, 4.69) is 46.7 Å². The summed E-state index contributed by atoms with van der Waals surface area (Å²) in [6.07, 6.45) is 1.65. The Kier molecular flexibility index (Phi) is 6.82. The number of halogens is 1. The molecule has 0 unspecified atom stereocenters. The molecule has 1 aliphatic heterocycles. The zero-order valence-electron chi connectivity index (χ0n) is 16.8. The lowest BCUT2D eigenvalue weighted by atomic mass is 10.2. The van der Waals surface area contributed by atoms with Gasteiger partial charge in [-0.05, 0) is 12.1 Å². The number of hydrogen-bond acceptors (Lipinski definition) is 10. The van der Waals surface area contributed by atoms with E-state index in [0.29, 0.717) is 37.9 Å². The molecule has 2 heterocycles. The Morgan fingerprint density at radius 3 is 2.66 bits per heavy atom. The summed E-state index contributed by atoms with van der Waals surface area (Å²) in [5.74, 6) is 0.924. The molecule has 1 fully saturated rings. The summed E-state index contributed by atoms with van der Waals surface area (Å²) in [5.41, 5.74) is 4.18. The van der Waals surface area contributed by atoms with E-state index in [-0.39, 0.29) is 17.6 Å². The Bertz CT molecular complexity index is 1140. The fourth-order valence-electron chi connectivity index (χ4n) is 2.94. The molecule has 32 heavy (non-hydrogen) atoms. The van der Waals surface area contributed by atoms with Crippen molar-refractivity contribution < 1.29 is 9.66 Å². The number of nitrogens with one attached hydrogen (secondary N) is 2. The van der Waals surface area contributed by atoms with E-state index < -0.39 is 4.92 Å². The number of hydrazone groups is 1. The lowest BCUT2D eigenvalue weighted by Gasteiger charge is -2.27. The van der Waals surface area contributed by atoms with Gasteiger partial charge in [-0.1, -0.05) is 40.2 Å². The van der Waals surface area contributed by atoms with Crippen LogP contribution in [0.3, 0.4) is 0 Å². The van der Waals surface area contributed by atoms with Crippen LogP contribution in [-0.2, 0) is 4.74 Å². The highest BCUT2D eigenvalue weighted by Crippen LogP contribution is 2.22. The third-order valence-electron chi connectivity index (χ3n) is 4.50. The van der Waals surface area contributed by atoms with E-state index in [1.54, 1.807) is 18.3 Å². The molecule has 1 saturated heterocycles. The number of benzene rings is 2. The first kappa shape index (κ1) is 21.6. The van der Waals surface area contributed by atoms with Gasteiger partial charge in [0, 0.05) is 40.9 Å². The van der Waals surface area contributed by atoms with Gasteiger partial charge in [-0.3, -0.25) is 10.1 Å². The van der Waals surface area contributed by atoms with Crippen molar-refractivity contribution in [3.8, 4) is 0 Å². The number of morpholine rings is 1. The summed E-state index contributed by atoms with van der Waals surface area (Å²) in [6.45, 7) is 2.42. The number of nitrogens with zero attached hydrogens (tertiary/aromatic N) is 6. The van der Waals surface area contributed by atoms with Gasteiger partial charge in [0.2, 0.25) is 17.8 Å². The molecule has 1 aromatic heterocycles. The minimum absolute atomic E-state index is 0.0335. The lowest BCUT2D eigenvalue weighted by molar-refractivity contribution is -0.384. The van der Waals surface area contributed by atoms with Gasteiger partial charge in [0.25, 0.3) is 5.69 Å². The minimum atomic E-state index is -0.457. The maximum absolute atomic E-state index is 11.1. The largest absolute Gasteiger partial charge is 0.378 e. The molecule has 0 bridgehead atoms. The number of nitro groups is 1. The van der Waals surface area contributed by atoms with Crippen LogP contribution in [0.25, 0.3) is 0 Å². The first-order chi connectivity index (χ1) is 15.6. The van der Waals surface area contributed by atoms with Crippen molar-refractivity contribution in [1.29, 1.82) is 0 Å². The Morgan fingerprint density at radius 1 is 1.09 bits per heavy atom. The highest BCUT2D eigenvalue weighted by molar-refractivity contribution is 9.10. The van der Waals surface area contributed by atoms with Gasteiger partial charge >= 0.3 is 0 Å². The maximum Gasteiger partial charge on any atom is 0.271 e. The van der Waals surface area contributed by atoms with E-state index >= 15 is 0 Å². The van der Waals surface area contributed by atoms with Crippen LogP contribution in [0.1, 0.15) is 5.56 Å². The van der Waals surface area contributed by atoms with Gasteiger partial charge < -0.3 is 15.0 Å². The van der Waals surface area contributed by atoms with Crippen LogP contribution < -0.4 is 15.6 Å². The van der Waals surface area contributed by atoms with Gasteiger partial charge in [0.05, 0.1) is 24.4 Å². The van der Waals surface area contributed by atoms with Crippen molar-refractivity contribution in [2.75, 3.05) is 41.9 Å². The van der Waals surface area contributed by atoms with E-state index in [4.69, 9.17) is 4.74 Å². The third kappa shape index (κ3) is 5.53. The Balaban J connectivity index is 1.59. The van der Waals surface area contributed by atoms with Gasteiger partial charge in [0.1, 0.15) is 0 Å². The SMILES string of the molecule is O=[N+]([O-])c1cccc(Nc2nc(N/N=C/c3ccccc3Br)nc(N3CCOCC3)n2)c1. The van der Waals surface area contributed by atoms with Gasteiger partial charge in [-0.2, -0.15) is 20.1 Å². The lowest BCUT2D eigenvalue weighted by Crippen LogP contribution is -2.37. The maximum atomic E-state index is 11.1. The van der Waals surface area contributed by atoms with Crippen molar-refractivity contribution in [3.05, 3.63) is 68.7 Å². The zero-order chi connectivity index (χ0) is 22.3. The fourth-order valence-corrected chi connectivity index (χ4v) is 3.33.